The topological polar surface area (TPSA) is 86.6 Å². The zero-order valence-electron chi connectivity index (χ0n) is 11.1. The Balaban J connectivity index is 2.34. The number of anilines is 1. The molecule has 0 heterocycles. The molecule has 0 fully saturated rings. The van der Waals surface area contributed by atoms with Gasteiger partial charge in [-0.2, -0.15) is 0 Å². The van der Waals surface area contributed by atoms with Gasteiger partial charge in [-0.05, 0) is 36.8 Å². The molecule has 108 valence electrons. The quantitative estimate of drug-likeness (QED) is 0.758. The number of rotatable bonds is 3. The number of hydrogen-bond donors (Lipinski definition) is 3. The van der Waals surface area contributed by atoms with Crippen LogP contribution in [0.3, 0.4) is 0 Å². The second-order valence-corrected chi connectivity index (χ2v) is 4.43. The number of carbonyl (C=O) groups excluding carboxylic acids is 1. The maximum atomic E-state index is 13.5. The number of nitrogens with one attached hydrogen (secondary N) is 1. The van der Waals surface area contributed by atoms with Gasteiger partial charge in [0, 0.05) is 5.69 Å². The molecule has 1 amide bonds. The van der Waals surface area contributed by atoms with E-state index in [1.54, 1.807) is 0 Å². The normalized spacial score (nSPS) is 10.2. The van der Waals surface area contributed by atoms with E-state index in [1.807, 2.05) is 0 Å². The SMILES string of the molecule is Cc1cc(NC(=O)c2ccccc2F)cc(C(=O)O)c1O. The van der Waals surface area contributed by atoms with Gasteiger partial charge in [0.15, 0.2) is 0 Å². The van der Waals surface area contributed by atoms with Crippen molar-refractivity contribution in [2.24, 2.45) is 0 Å². The monoisotopic (exact) mass is 289 g/mol. The molecule has 0 aliphatic rings. The predicted molar refractivity (Wildman–Crippen MR) is 74.2 cm³/mol. The van der Waals surface area contributed by atoms with Gasteiger partial charge in [-0.25, -0.2) is 9.18 Å². The average molecular weight is 289 g/mol. The summed E-state index contributed by atoms with van der Waals surface area (Å²) in [6, 6.07) is 7.96. The van der Waals surface area contributed by atoms with Crippen LogP contribution < -0.4 is 5.32 Å². The molecule has 3 N–H and O–H groups in total. The molecule has 2 aromatic carbocycles. The van der Waals surface area contributed by atoms with Crippen molar-refractivity contribution in [2.45, 2.75) is 6.92 Å². The van der Waals surface area contributed by atoms with E-state index in [-0.39, 0.29) is 22.6 Å². The first-order chi connectivity index (χ1) is 9.90. The number of amides is 1. The summed E-state index contributed by atoms with van der Waals surface area (Å²) in [6.45, 7) is 1.50. The van der Waals surface area contributed by atoms with Gasteiger partial charge in [-0.1, -0.05) is 12.1 Å². The molecule has 21 heavy (non-hydrogen) atoms. The molecule has 6 heteroatoms. The van der Waals surface area contributed by atoms with Crippen LogP contribution in [0.2, 0.25) is 0 Å². The number of carboxylic acid groups (broad SMARTS) is 1. The third-order valence-electron chi connectivity index (χ3n) is 2.91. The van der Waals surface area contributed by atoms with Crippen LogP contribution in [0.4, 0.5) is 10.1 Å². The first-order valence-electron chi connectivity index (χ1n) is 6.03. The summed E-state index contributed by atoms with van der Waals surface area (Å²) >= 11 is 0. The van der Waals surface area contributed by atoms with Crippen LogP contribution in [0.25, 0.3) is 0 Å². The molecule has 0 bridgehead atoms. The van der Waals surface area contributed by atoms with Gasteiger partial charge < -0.3 is 15.5 Å². The van der Waals surface area contributed by atoms with E-state index in [1.165, 1.54) is 31.2 Å². The molecule has 2 rings (SSSR count). The van der Waals surface area contributed by atoms with Gasteiger partial charge >= 0.3 is 5.97 Å². The Morgan fingerprint density at radius 3 is 2.43 bits per heavy atom. The molecule has 0 radical (unpaired) electrons. The van der Waals surface area contributed by atoms with E-state index in [2.05, 4.69) is 5.32 Å². The van der Waals surface area contributed by atoms with Gasteiger partial charge in [-0.3, -0.25) is 4.79 Å². The van der Waals surface area contributed by atoms with Crippen molar-refractivity contribution >= 4 is 17.6 Å². The van der Waals surface area contributed by atoms with Crippen LogP contribution in [-0.4, -0.2) is 22.1 Å². The van der Waals surface area contributed by atoms with Crippen molar-refractivity contribution in [1.29, 1.82) is 0 Å². The molecule has 0 aliphatic heterocycles. The van der Waals surface area contributed by atoms with Gasteiger partial charge in [0.05, 0.1) is 5.56 Å². The molecule has 0 aliphatic carbocycles. The minimum Gasteiger partial charge on any atom is -0.507 e. The highest BCUT2D eigenvalue weighted by Crippen LogP contribution is 2.27. The molecule has 5 nitrogen and oxygen atoms in total. The Kier molecular flexibility index (Phi) is 3.89. The molecule has 0 unspecified atom stereocenters. The zero-order valence-corrected chi connectivity index (χ0v) is 11.1. The summed E-state index contributed by atoms with van der Waals surface area (Å²) in [5.74, 6) is -3.07. The van der Waals surface area contributed by atoms with E-state index < -0.39 is 17.7 Å². The van der Waals surface area contributed by atoms with E-state index in [0.29, 0.717) is 5.56 Å². The Morgan fingerprint density at radius 2 is 1.81 bits per heavy atom. The lowest BCUT2D eigenvalue weighted by atomic mass is 10.1. The number of hydrogen-bond acceptors (Lipinski definition) is 3. The first kappa shape index (κ1) is 14.5. The summed E-state index contributed by atoms with van der Waals surface area (Å²) in [4.78, 5) is 23.0. The molecule has 0 saturated heterocycles. The van der Waals surface area contributed by atoms with Gasteiger partial charge in [0.2, 0.25) is 0 Å². The van der Waals surface area contributed by atoms with Gasteiger partial charge in [-0.15, -0.1) is 0 Å². The Labute approximate surface area is 119 Å². The fourth-order valence-electron chi connectivity index (χ4n) is 1.86. The fraction of sp³-hybridized carbons (Fsp3) is 0.0667. The molecule has 0 atom stereocenters. The highest BCUT2D eigenvalue weighted by Gasteiger charge is 2.16. The smallest absolute Gasteiger partial charge is 0.339 e. The average Bonchev–Trinajstić information content (AvgIpc) is 2.42. The minimum atomic E-state index is -1.32. The largest absolute Gasteiger partial charge is 0.507 e. The highest BCUT2D eigenvalue weighted by molar-refractivity contribution is 6.05. The van der Waals surface area contributed by atoms with Crippen LogP contribution >= 0.6 is 0 Å². The maximum absolute atomic E-state index is 13.5. The number of phenols is 1. The van der Waals surface area contributed by atoms with Crippen molar-refractivity contribution in [3.63, 3.8) is 0 Å². The Morgan fingerprint density at radius 1 is 1.14 bits per heavy atom. The van der Waals surface area contributed by atoms with Gasteiger partial charge in [0.1, 0.15) is 17.1 Å². The minimum absolute atomic E-state index is 0.153. The lowest BCUT2D eigenvalue weighted by molar-refractivity contribution is 0.0693. The molecular weight excluding hydrogens is 277 g/mol. The predicted octanol–water partition coefficient (Wildman–Crippen LogP) is 2.79. The highest BCUT2D eigenvalue weighted by atomic mass is 19.1. The maximum Gasteiger partial charge on any atom is 0.339 e. The Hall–Kier alpha value is -2.89. The van der Waals surface area contributed by atoms with Gasteiger partial charge in [0.25, 0.3) is 5.91 Å². The summed E-state index contributed by atoms with van der Waals surface area (Å²) in [5, 5.41) is 21.0. The van der Waals surface area contributed by atoms with Crippen LogP contribution in [-0.2, 0) is 0 Å². The third-order valence-corrected chi connectivity index (χ3v) is 2.91. The summed E-state index contributed by atoms with van der Waals surface area (Å²) in [7, 11) is 0. The van der Waals surface area contributed by atoms with Crippen molar-refractivity contribution in [3.8, 4) is 5.75 Å². The number of aromatic carboxylic acids is 1. The number of halogens is 1. The number of benzene rings is 2. The summed E-state index contributed by atoms with van der Waals surface area (Å²) < 4.78 is 13.5. The van der Waals surface area contributed by atoms with Crippen molar-refractivity contribution in [2.75, 3.05) is 5.32 Å². The Bertz CT molecular complexity index is 728. The van der Waals surface area contributed by atoms with E-state index in [0.717, 1.165) is 12.1 Å². The van der Waals surface area contributed by atoms with E-state index in [9.17, 15) is 19.1 Å². The zero-order chi connectivity index (χ0) is 15.6. The summed E-state index contributed by atoms with van der Waals surface area (Å²) in [6.07, 6.45) is 0. The lowest BCUT2D eigenvalue weighted by Crippen LogP contribution is -2.14. The molecule has 0 spiro atoms. The molecule has 2 aromatic rings. The lowest BCUT2D eigenvalue weighted by Gasteiger charge is -2.10. The third kappa shape index (κ3) is 3.00. The van der Waals surface area contributed by atoms with Crippen molar-refractivity contribution in [3.05, 3.63) is 58.9 Å². The second kappa shape index (κ2) is 5.62. The molecular formula is C15H12FNO4. The number of carboxylic acids is 1. The van der Waals surface area contributed by atoms with Crippen LogP contribution in [0.15, 0.2) is 36.4 Å². The molecule has 0 saturated carbocycles. The number of aryl methyl sites for hydroxylation is 1. The van der Waals surface area contributed by atoms with Crippen molar-refractivity contribution in [1.82, 2.24) is 0 Å². The summed E-state index contributed by atoms with van der Waals surface area (Å²) in [5.41, 5.74) is -0.0337. The fourth-order valence-corrected chi connectivity index (χ4v) is 1.86. The molecule has 0 aromatic heterocycles. The van der Waals surface area contributed by atoms with Crippen LogP contribution in [0.1, 0.15) is 26.3 Å². The second-order valence-electron chi connectivity index (χ2n) is 4.43. The number of carbonyl (C=O) groups is 2. The number of aromatic hydroxyl groups is 1. The van der Waals surface area contributed by atoms with E-state index in [4.69, 9.17) is 5.11 Å². The van der Waals surface area contributed by atoms with Crippen LogP contribution in [0.5, 0.6) is 5.75 Å². The first-order valence-corrected chi connectivity index (χ1v) is 6.03. The van der Waals surface area contributed by atoms with Crippen LogP contribution in [0, 0.1) is 12.7 Å². The van der Waals surface area contributed by atoms with E-state index >= 15 is 0 Å². The van der Waals surface area contributed by atoms with Crippen molar-refractivity contribution < 1.29 is 24.2 Å². The standard InChI is InChI=1S/C15H12FNO4/c1-8-6-9(7-11(13(8)18)15(20)21)17-14(19)10-4-2-3-5-12(10)16/h2-7,18H,1H3,(H,17,19)(H,20,21).